The third-order valence-electron chi connectivity index (χ3n) is 2.84. The monoisotopic (exact) mass is 299 g/mol. The molecule has 0 atom stereocenters. The Morgan fingerprint density at radius 1 is 1.33 bits per heavy atom. The first kappa shape index (κ1) is 15.4. The van der Waals surface area contributed by atoms with Gasteiger partial charge in [0.25, 0.3) is 0 Å². The number of hydrogen-bond donors (Lipinski definition) is 1. The Hall–Kier alpha value is -2.02. The van der Waals surface area contributed by atoms with Crippen LogP contribution in [0.15, 0.2) is 30.6 Å². The van der Waals surface area contributed by atoms with E-state index in [1.54, 1.807) is 6.07 Å². The average molecular weight is 299 g/mol. The van der Waals surface area contributed by atoms with Gasteiger partial charge in [0, 0.05) is 25.0 Å². The fourth-order valence-corrected chi connectivity index (χ4v) is 1.86. The molecule has 0 saturated heterocycles. The zero-order chi connectivity index (χ0) is 15.2. The number of alkyl halides is 2. The standard InChI is InChI=1S/C14H16F3N3O/c1-2-18-8-10-5-11(15)7-12(6-10)21-9-13-19-3-4-20(13)14(16)17/h3-7,14,18H,2,8-9H2,1H3. The second-order valence-electron chi connectivity index (χ2n) is 4.39. The maximum absolute atomic E-state index is 13.5. The lowest BCUT2D eigenvalue weighted by molar-refractivity contribution is 0.0632. The van der Waals surface area contributed by atoms with Crippen molar-refractivity contribution in [2.75, 3.05) is 6.54 Å². The van der Waals surface area contributed by atoms with E-state index < -0.39 is 12.4 Å². The third kappa shape index (κ3) is 4.22. The number of imidazole rings is 1. The first-order valence-electron chi connectivity index (χ1n) is 6.53. The molecule has 1 heterocycles. The van der Waals surface area contributed by atoms with Crippen LogP contribution in [0.1, 0.15) is 24.9 Å². The largest absolute Gasteiger partial charge is 0.486 e. The van der Waals surface area contributed by atoms with E-state index in [1.807, 2.05) is 6.92 Å². The van der Waals surface area contributed by atoms with Crippen LogP contribution in [0.5, 0.6) is 5.75 Å². The van der Waals surface area contributed by atoms with Crippen LogP contribution >= 0.6 is 0 Å². The molecule has 2 aromatic rings. The smallest absolute Gasteiger partial charge is 0.320 e. The normalized spacial score (nSPS) is 11.1. The van der Waals surface area contributed by atoms with Crippen molar-refractivity contribution in [3.8, 4) is 5.75 Å². The van der Waals surface area contributed by atoms with Crippen molar-refractivity contribution >= 4 is 0 Å². The molecule has 0 aliphatic rings. The van der Waals surface area contributed by atoms with E-state index in [2.05, 4.69) is 10.3 Å². The summed E-state index contributed by atoms with van der Waals surface area (Å²) in [4.78, 5) is 3.80. The minimum absolute atomic E-state index is 0.0856. The Balaban J connectivity index is 2.05. The Morgan fingerprint density at radius 2 is 2.14 bits per heavy atom. The topological polar surface area (TPSA) is 39.1 Å². The van der Waals surface area contributed by atoms with Gasteiger partial charge in [0.2, 0.25) is 0 Å². The first-order chi connectivity index (χ1) is 10.1. The summed E-state index contributed by atoms with van der Waals surface area (Å²) in [5.41, 5.74) is 0.726. The number of rotatable bonds is 7. The van der Waals surface area contributed by atoms with E-state index in [0.29, 0.717) is 11.1 Å². The number of halogens is 3. The lowest BCUT2D eigenvalue weighted by Crippen LogP contribution is -2.12. The molecule has 7 heteroatoms. The second kappa shape index (κ2) is 7.12. The van der Waals surface area contributed by atoms with Crippen LogP contribution in [0, 0.1) is 5.82 Å². The van der Waals surface area contributed by atoms with Crippen molar-refractivity contribution < 1.29 is 17.9 Å². The molecule has 0 spiro atoms. The molecule has 4 nitrogen and oxygen atoms in total. The van der Waals surface area contributed by atoms with Gasteiger partial charge in [0.1, 0.15) is 18.2 Å². The highest BCUT2D eigenvalue weighted by Crippen LogP contribution is 2.19. The van der Waals surface area contributed by atoms with E-state index in [0.717, 1.165) is 12.1 Å². The summed E-state index contributed by atoms with van der Waals surface area (Å²) in [7, 11) is 0. The van der Waals surface area contributed by atoms with Crippen LogP contribution in [0.4, 0.5) is 13.2 Å². The van der Waals surface area contributed by atoms with Gasteiger partial charge in [-0.1, -0.05) is 6.92 Å². The van der Waals surface area contributed by atoms with E-state index >= 15 is 0 Å². The molecule has 0 amide bonds. The zero-order valence-corrected chi connectivity index (χ0v) is 11.5. The molecule has 2 rings (SSSR count). The van der Waals surface area contributed by atoms with E-state index in [-0.39, 0.29) is 18.2 Å². The summed E-state index contributed by atoms with van der Waals surface area (Å²) in [5.74, 6) is -0.0631. The van der Waals surface area contributed by atoms with E-state index in [9.17, 15) is 13.2 Å². The quantitative estimate of drug-likeness (QED) is 0.854. The molecule has 21 heavy (non-hydrogen) atoms. The summed E-state index contributed by atoms with van der Waals surface area (Å²) < 4.78 is 44.9. The highest BCUT2D eigenvalue weighted by atomic mass is 19.3. The third-order valence-corrected chi connectivity index (χ3v) is 2.84. The first-order valence-corrected chi connectivity index (χ1v) is 6.53. The summed E-state index contributed by atoms with van der Waals surface area (Å²) in [5, 5.41) is 3.07. The molecule has 114 valence electrons. The number of nitrogens with zero attached hydrogens (tertiary/aromatic N) is 2. The molecule has 1 aromatic heterocycles. The summed E-state index contributed by atoms with van der Waals surface area (Å²) in [6.45, 7) is 0.389. The molecule has 0 aliphatic carbocycles. The maximum atomic E-state index is 13.5. The van der Waals surface area contributed by atoms with Gasteiger partial charge in [-0.15, -0.1) is 0 Å². The summed E-state index contributed by atoms with van der Waals surface area (Å²) in [6.07, 6.45) is 2.44. The zero-order valence-electron chi connectivity index (χ0n) is 11.5. The van der Waals surface area contributed by atoms with Crippen LogP contribution in [-0.4, -0.2) is 16.1 Å². The van der Waals surface area contributed by atoms with Crippen LogP contribution in [0.2, 0.25) is 0 Å². The Kier molecular flexibility index (Phi) is 5.21. The number of ether oxygens (including phenoxy) is 1. The Labute approximate surface area is 120 Å². The fraction of sp³-hybridized carbons (Fsp3) is 0.357. The van der Waals surface area contributed by atoms with Crippen molar-refractivity contribution in [3.63, 3.8) is 0 Å². The highest BCUT2D eigenvalue weighted by molar-refractivity contribution is 5.29. The van der Waals surface area contributed by atoms with Crippen LogP contribution in [0.3, 0.4) is 0 Å². The van der Waals surface area contributed by atoms with Gasteiger partial charge >= 0.3 is 6.55 Å². The lowest BCUT2D eigenvalue weighted by atomic mass is 10.2. The van der Waals surface area contributed by atoms with E-state index in [1.165, 1.54) is 24.5 Å². The second-order valence-corrected chi connectivity index (χ2v) is 4.39. The number of benzene rings is 1. The van der Waals surface area contributed by atoms with Gasteiger partial charge in [0.15, 0.2) is 5.82 Å². The van der Waals surface area contributed by atoms with Crippen molar-refractivity contribution in [1.82, 2.24) is 14.9 Å². The molecule has 0 fully saturated rings. The van der Waals surface area contributed by atoms with Crippen molar-refractivity contribution in [3.05, 3.63) is 47.8 Å². The van der Waals surface area contributed by atoms with Crippen LogP contribution < -0.4 is 10.1 Å². The molecule has 0 unspecified atom stereocenters. The lowest BCUT2D eigenvalue weighted by Gasteiger charge is -2.10. The molecular formula is C14H16F3N3O. The van der Waals surface area contributed by atoms with Crippen LogP contribution in [0.25, 0.3) is 0 Å². The molecule has 0 bridgehead atoms. The number of nitrogens with one attached hydrogen (secondary N) is 1. The van der Waals surface area contributed by atoms with Gasteiger partial charge in [-0.05, 0) is 24.2 Å². The maximum Gasteiger partial charge on any atom is 0.320 e. The summed E-state index contributed by atoms with van der Waals surface area (Å²) in [6, 6.07) is 4.28. The molecule has 1 N–H and O–H groups in total. The van der Waals surface area contributed by atoms with Gasteiger partial charge in [0.05, 0.1) is 0 Å². The molecular weight excluding hydrogens is 283 g/mol. The molecule has 0 saturated carbocycles. The Bertz CT molecular complexity index is 587. The predicted octanol–water partition coefficient (Wildman–Crippen LogP) is 3.11. The van der Waals surface area contributed by atoms with Gasteiger partial charge < -0.3 is 10.1 Å². The van der Waals surface area contributed by atoms with Crippen LogP contribution in [-0.2, 0) is 13.2 Å². The van der Waals surface area contributed by atoms with Crippen molar-refractivity contribution in [1.29, 1.82) is 0 Å². The fourth-order valence-electron chi connectivity index (χ4n) is 1.86. The Morgan fingerprint density at radius 3 is 2.86 bits per heavy atom. The minimum atomic E-state index is -2.68. The SMILES string of the molecule is CCNCc1cc(F)cc(OCc2nccn2C(F)F)c1. The van der Waals surface area contributed by atoms with E-state index in [4.69, 9.17) is 4.74 Å². The number of hydrogen-bond acceptors (Lipinski definition) is 3. The molecule has 1 aromatic carbocycles. The minimum Gasteiger partial charge on any atom is -0.486 e. The van der Waals surface area contributed by atoms with Gasteiger partial charge in [-0.3, -0.25) is 4.57 Å². The summed E-state index contributed by atoms with van der Waals surface area (Å²) >= 11 is 0. The molecule has 0 aliphatic heterocycles. The van der Waals surface area contributed by atoms with Crippen molar-refractivity contribution in [2.45, 2.75) is 26.6 Å². The molecule has 0 radical (unpaired) electrons. The number of aromatic nitrogens is 2. The highest BCUT2D eigenvalue weighted by Gasteiger charge is 2.12. The van der Waals surface area contributed by atoms with Gasteiger partial charge in [-0.2, -0.15) is 8.78 Å². The predicted molar refractivity (Wildman–Crippen MR) is 71.6 cm³/mol. The van der Waals surface area contributed by atoms with Crippen molar-refractivity contribution in [2.24, 2.45) is 0 Å². The van der Waals surface area contributed by atoms with Gasteiger partial charge in [-0.25, -0.2) is 9.37 Å². The average Bonchev–Trinajstić information content (AvgIpc) is 2.91.